The maximum Gasteiger partial charge on any atom is 0.321 e. The maximum absolute atomic E-state index is 13.1. The van der Waals surface area contributed by atoms with E-state index in [4.69, 9.17) is 5.26 Å². The van der Waals surface area contributed by atoms with E-state index in [0.29, 0.717) is 6.07 Å². The first-order valence-electron chi connectivity index (χ1n) is 7.37. The van der Waals surface area contributed by atoms with E-state index in [0.717, 1.165) is 12.1 Å². The van der Waals surface area contributed by atoms with Crippen molar-refractivity contribution in [2.45, 2.75) is 4.90 Å². The molecule has 0 saturated heterocycles. The van der Waals surface area contributed by atoms with Gasteiger partial charge in [-0.05, 0) is 30.3 Å². The number of nitrogens with zero attached hydrogens (tertiary/aromatic N) is 1. The van der Waals surface area contributed by atoms with Gasteiger partial charge >= 0.3 is 5.97 Å². The molecule has 1 N–H and O–H groups in total. The number of halogens is 2. The Morgan fingerprint density at radius 1 is 1.11 bits per heavy atom. The average molecular weight is 394 g/mol. The zero-order chi connectivity index (χ0) is 20.0. The lowest BCUT2D eigenvalue weighted by Crippen LogP contribution is -2.32. The number of hydrogen-bond acceptors (Lipinski definition) is 6. The number of ether oxygens (including phenoxy) is 1. The number of hydrogen-bond donors (Lipinski definition) is 1. The van der Waals surface area contributed by atoms with Gasteiger partial charge in [-0.1, -0.05) is 12.1 Å². The van der Waals surface area contributed by atoms with E-state index in [1.807, 2.05) is 4.72 Å². The van der Waals surface area contributed by atoms with E-state index in [1.54, 1.807) is 6.07 Å². The van der Waals surface area contributed by atoms with Gasteiger partial charge in [0.2, 0.25) is 10.0 Å². The fourth-order valence-electron chi connectivity index (χ4n) is 1.98. The number of rotatable bonds is 7. The van der Waals surface area contributed by atoms with Crippen LogP contribution in [0.1, 0.15) is 15.9 Å². The summed E-state index contributed by atoms with van der Waals surface area (Å²) in [5.74, 6) is -4.21. The van der Waals surface area contributed by atoms with Gasteiger partial charge in [0.15, 0.2) is 24.0 Å². The molecular weight excluding hydrogens is 382 g/mol. The smallest absolute Gasteiger partial charge is 0.321 e. The molecule has 0 amide bonds. The van der Waals surface area contributed by atoms with Gasteiger partial charge in [0.25, 0.3) is 0 Å². The first-order chi connectivity index (χ1) is 12.7. The van der Waals surface area contributed by atoms with Crippen LogP contribution in [0.2, 0.25) is 0 Å². The molecule has 0 spiro atoms. The van der Waals surface area contributed by atoms with E-state index in [-0.39, 0.29) is 16.0 Å². The standard InChI is InChI=1S/C17H12F2N2O5S/c18-13-6-5-11(7-14(13)19)15(22)10-26-17(23)9-21-27(24,25)16-4-2-1-3-12(16)8-20/h1-7,21H,9-10H2. The summed E-state index contributed by atoms with van der Waals surface area (Å²) < 4.78 is 56.7. The Labute approximate surface area is 153 Å². The lowest BCUT2D eigenvalue weighted by atomic mass is 10.1. The summed E-state index contributed by atoms with van der Waals surface area (Å²) >= 11 is 0. The molecule has 10 heteroatoms. The third-order valence-electron chi connectivity index (χ3n) is 3.31. The van der Waals surface area contributed by atoms with Crippen molar-refractivity contribution in [3.05, 3.63) is 65.2 Å². The van der Waals surface area contributed by atoms with E-state index < -0.39 is 46.6 Å². The molecule has 0 heterocycles. The summed E-state index contributed by atoms with van der Waals surface area (Å²) in [6, 6.07) is 9.54. The molecular formula is C17H12F2N2O5S. The molecule has 27 heavy (non-hydrogen) atoms. The van der Waals surface area contributed by atoms with Gasteiger partial charge < -0.3 is 4.74 Å². The van der Waals surface area contributed by atoms with Crippen molar-refractivity contribution in [2.24, 2.45) is 0 Å². The number of Topliss-reactive ketones (excluding diaryl/α,β-unsaturated/α-hetero) is 1. The second-order valence-electron chi connectivity index (χ2n) is 5.15. The predicted octanol–water partition coefficient (Wildman–Crippen LogP) is 1.54. The van der Waals surface area contributed by atoms with Crippen LogP contribution in [0.4, 0.5) is 8.78 Å². The fourth-order valence-corrected chi connectivity index (χ4v) is 3.10. The fraction of sp³-hybridized carbons (Fsp3) is 0.118. The molecule has 0 radical (unpaired) electrons. The Balaban J connectivity index is 1.93. The van der Waals surface area contributed by atoms with Crippen LogP contribution in [-0.4, -0.2) is 33.3 Å². The molecule has 2 aromatic rings. The van der Waals surface area contributed by atoms with Crippen molar-refractivity contribution < 1.29 is 31.5 Å². The number of nitrogens with one attached hydrogen (secondary N) is 1. The Kier molecular flexibility index (Phi) is 6.33. The van der Waals surface area contributed by atoms with Crippen molar-refractivity contribution >= 4 is 21.8 Å². The summed E-state index contributed by atoms with van der Waals surface area (Å²) in [5.41, 5.74) is -0.308. The lowest BCUT2D eigenvalue weighted by molar-refractivity contribution is -0.141. The number of carbonyl (C=O) groups is 2. The Hall–Kier alpha value is -3.16. The van der Waals surface area contributed by atoms with Crippen LogP contribution in [-0.2, 0) is 19.6 Å². The van der Waals surface area contributed by atoms with Crippen LogP contribution in [0.15, 0.2) is 47.4 Å². The largest absolute Gasteiger partial charge is 0.456 e. The molecule has 0 unspecified atom stereocenters. The van der Waals surface area contributed by atoms with Gasteiger partial charge in [0.1, 0.15) is 12.6 Å². The summed E-state index contributed by atoms with van der Waals surface area (Å²) in [6.07, 6.45) is 0. The summed E-state index contributed by atoms with van der Waals surface area (Å²) in [7, 11) is -4.15. The van der Waals surface area contributed by atoms with Crippen LogP contribution in [0.5, 0.6) is 0 Å². The molecule has 0 atom stereocenters. The summed E-state index contributed by atoms with van der Waals surface area (Å²) in [5, 5.41) is 8.93. The maximum atomic E-state index is 13.1. The molecule has 0 fully saturated rings. The molecule has 140 valence electrons. The van der Waals surface area contributed by atoms with Gasteiger partial charge in [-0.25, -0.2) is 17.2 Å². The van der Waals surface area contributed by atoms with Crippen LogP contribution < -0.4 is 4.72 Å². The second-order valence-corrected chi connectivity index (χ2v) is 6.88. The highest BCUT2D eigenvalue weighted by Crippen LogP contribution is 2.14. The van der Waals surface area contributed by atoms with Crippen LogP contribution >= 0.6 is 0 Å². The van der Waals surface area contributed by atoms with E-state index in [2.05, 4.69) is 4.74 Å². The van der Waals surface area contributed by atoms with E-state index >= 15 is 0 Å². The van der Waals surface area contributed by atoms with Gasteiger partial charge in [-0.3, -0.25) is 9.59 Å². The lowest BCUT2D eigenvalue weighted by Gasteiger charge is -2.08. The molecule has 0 aliphatic rings. The molecule has 7 nitrogen and oxygen atoms in total. The molecule has 0 bridgehead atoms. The quantitative estimate of drug-likeness (QED) is 0.563. The molecule has 2 rings (SSSR count). The highest BCUT2D eigenvalue weighted by Gasteiger charge is 2.20. The zero-order valence-electron chi connectivity index (χ0n) is 13.6. The van der Waals surface area contributed by atoms with E-state index in [9.17, 15) is 26.8 Å². The third-order valence-corrected chi connectivity index (χ3v) is 4.77. The normalized spacial score (nSPS) is 10.9. The minimum atomic E-state index is -4.15. The first-order valence-corrected chi connectivity index (χ1v) is 8.85. The molecule has 0 aliphatic carbocycles. The first kappa shape index (κ1) is 20.2. The summed E-state index contributed by atoms with van der Waals surface area (Å²) in [6.45, 7) is -1.56. The van der Waals surface area contributed by atoms with Crippen LogP contribution in [0.25, 0.3) is 0 Å². The van der Waals surface area contributed by atoms with Crippen LogP contribution in [0, 0.1) is 23.0 Å². The monoisotopic (exact) mass is 394 g/mol. The van der Waals surface area contributed by atoms with Crippen molar-refractivity contribution in [3.8, 4) is 6.07 Å². The number of ketones is 1. The van der Waals surface area contributed by atoms with Crippen LogP contribution in [0.3, 0.4) is 0 Å². The summed E-state index contributed by atoms with van der Waals surface area (Å²) in [4.78, 5) is 23.1. The Bertz CT molecular complexity index is 1030. The van der Waals surface area contributed by atoms with Gasteiger partial charge in [0, 0.05) is 5.56 Å². The SMILES string of the molecule is N#Cc1ccccc1S(=O)(=O)NCC(=O)OCC(=O)c1ccc(F)c(F)c1. The molecule has 0 aromatic heterocycles. The molecule has 0 aliphatic heterocycles. The topological polar surface area (TPSA) is 113 Å². The van der Waals surface area contributed by atoms with E-state index in [1.165, 1.54) is 24.3 Å². The number of benzene rings is 2. The van der Waals surface area contributed by atoms with Crippen molar-refractivity contribution in [2.75, 3.05) is 13.2 Å². The average Bonchev–Trinajstić information content (AvgIpc) is 2.66. The number of esters is 1. The van der Waals surface area contributed by atoms with Crippen molar-refractivity contribution in [3.63, 3.8) is 0 Å². The number of carbonyl (C=O) groups excluding carboxylic acids is 2. The Morgan fingerprint density at radius 2 is 1.81 bits per heavy atom. The third kappa shape index (κ3) is 5.16. The van der Waals surface area contributed by atoms with Gasteiger partial charge in [0.05, 0.1) is 10.5 Å². The van der Waals surface area contributed by atoms with Crippen molar-refractivity contribution in [1.82, 2.24) is 4.72 Å². The Morgan fingerprint density at radius 3 is 2.48 bits per heavy atom. The number of nitriles is 1. The van der Waals surface area contributed by atoms with Gasteiger partial charge in [-0.15, -0.1) is 0 Å². The van der Waals surface area contributed by atoms with Crippen molar-refractivity contribution in [1.29, 1.82) is 5.26 Å². The molecule has 0 saturated carbocycles. The zero-order valence-corrected chi connectivity index (χ0v) is 14.4. The molecule has 2 aromatic carbocycles. The minimum Gasteiger partial charge on any atom is -0.456 e. The number of sulfonamides is 1. The highest BCUT2D eigenvalue weighted by molar-refractivity contribution is 7.89. The minimum absolute atomic E-state index is 0.105. The highest BCUT2D eigenvalue weighted by atomic mass is 32.2. The second kappa shape index (κ2) is 8.48. The predicted molar refractivity (Wildman–Crippen MR) is 88.0 cm³/mol. The van der Waals surface area contributed by atoms with Gasteiger partial charge in [-0.2, -0.15) is 9.98 Å².